The average Bonchev–Trinajstić information content (AvgIpc) is 3.24. The Morgan fingerprint density at radius 1 is 1.03 bits per heavy atom. The molecule has 2 atom stereocenters. The topological polar surface area (TPSA) is 45.6 Å². The molecule has 5 heterocycles. The molecule has 3 aliphatic heterocycles. The first-order valence-corrected chi connectivity index (χ1v) is 12.6. The number of likely N-dealkylation sites (tertiary alicyclic amines) is 2. The van der Waals surface area contributed by atoms with Crippen molar-refractivity contribution in [3.8, 4) is 10.4 Å². The second kappa shape index (κ2) is 7.85. The van der Waals surface area contributed by atoms with Crippen molar-refractivity contribution in [2.45, 2.75) is 44.7 Å². The van der Waals surface area contributed by atoms with Crippen LogP contribution in [0.3, 0.4) is 0 Å². The molecular weight excluding hydrogens is 418 g/mol. The Labute approximate surface area is 192 Å². The van der Waals surface area contributed by atoms with Crippen molar-refractivity contribution in [3.05, 3.63) is 58.5 Å². The first-order valence-electron chi connectivity index (χ1n) is 11.8. The zero-order valence-corrected chi connectivity index (χ0v) is 19.3. The number of thiophene rings is 1. The largest absolute Gasteiger partial charge is 0.343 e. The highest BCUT2D eigenvalue weighted by molar-refractivity contribution is 7.22. The average molecular weight is 448 g/mol. The summed E-state index contributed by atoms with van der Waals surface area (Å²) >= 11 is 1.83. The lowest BCUT2D eigenvalue weighted by atomic mass is 9.80. The molecule has 0 radical (unpaired) electrons. The first kappa shape index (κ1) is 20.2. The number of rotatable bonds is 2. The fraction of sp³-hybridized carbons (Fsp3) is 0.462. The summed E-state index contributed by atoms with van der Waals surface area (Å²) in [4.78, 5) is 30.5. The Balaban J connectivity index is 1.33. The molecule has 1 aromatic carbocycles. The summed E-state index contributed by atoms with van der Waals surface area (Å²) in [6.45, 7) is 6.33. The number of aromatic nitrogens is 1. The van der Waals surface area contributed by atoms with Crippen LogP contribution in [0, 0.1) is 5.92 Å². The summed E-state index contributed by atoms with van der Waals surface area (Å²) in [7, 11) is 0. The van der Waals surface area contributed by atoms with Gasteiger partial charge in [0.15, 0.2) is 0 Å². The second-order valence-corrected chi connectivity index (χ2v) is 10.8. The predicted molar refractivity (Wildman–Crippen MR) is 129 cm³/mol. The number of nitrogens with zero attached hydrogens (tertiary/aromatic N) is 3. The van der Waals surface area contributed by atoms with Gasteiger partial charge in [-0.15, -0.1) is 11.3 Å². The van der Waals surface area contributed by atoms with Crippen LogP contribution in [0.4, 0.5) is 0 Å². The molecule has 2 fully saturated rings. The van der Waals surface area contributed by atoms with Crippen LogP contribution in [-0.2, 0) is 11.3 Å². The lowest BCUT2D eigenvalue weighted by molar-refractivity contribution is -0.130. The number of benzene rings is 1. The van der Waals surface area contributed by atoms with E-state index >= 15 is 0 Å². The molecule has 0 N–H and O–H groups in total. The molecule has 32 heavy (non-hydrogen) atoms. The van der Waals surface area contributed by atoms with Gasteiger partial charge in [0, 0.05) is 78.5 Å². The molecule has 0 spiro atoms. The Morgan fingerprint density at radius 2 is 1.84 bits per heavy atom. The third-order valence-electron chi connectivity index (χ3n) is 7.74. The number of carbonyl (C=O) groups is 1. The quantitative estimate of drug-likeness (QED) is 0.593. The van der Waals surface area contributed by atoms with Gasteiger partial charge in [-0.2, -0.15) is 0 Å². The van der Waals surface area contributed by atoms with E-state index in [1.54, 1.807) is 13.0 Å². The summed E-state index contributed by atoms with van der Waals surface area (Å²) < 4.78 is 3.37. The maximum atomic E-state index is 12.8. The highest BCUT2D eigenvalue weighted by Gasteiger charge is 2.39. The van der Waals surface area contributed by atoms with E-state index < -0.39 is 0 Å². The van der Waals surface area contributed by atoms with Gasteiger partial charge in [-0.3, -0.25) is 14.5 Å². The molecular formula is C26H29N3O2S. The molecule has 2 saturated heterocycles. The maximum Gasteiger partial charge on any atom is 0.250 e. The Kier molecular flexibility index (Phi) is 4.95. The van der Waals surface area contributed by atoms with Gasteiger partial charge in [0.2, 0.25) is 5.91 Å². The van der Waals surface area contributed by atoms with Crippen LogP contribution in [0.15, 0.2) is 47.3 Å². The van der Waals surface area contributed by atoms with Crippen molar-refractivity contribution in [1.82, 2.24) is 14.4 Å². The van der Waals surface area contributed by atoms with Crippen molar-refractivity contribution in [2.75, 3.05) is 26.2 Å². The summed E-state index contributed by atoms with van der Waals surface area (Å²) in [6.07, 6.45) is 3.29. The third-order valence-corrected chi connectivity index (χ3v) is 8.88. The molecule has 166 valence electrons. The van der Waals surface area contributed by atoms with E-state index in [1.165, 1.54) is 32.6 Å². The number of hydrogen-bond acceptors (Lipinski definition) is 4. The zero-order valence-electron chi connectivity index (χ0n) is 18.5. The van der Waals surface area contributed by atoms with Gasteiger partial charge in [-0.25, -0.2) is 0 Å². The van der Waals surface area contributed by atoms with Gasteiger partial charge >= 0.3 is 0 Å². The number of fused-ring (bicyclic) bond motifs is 5. The van der Waals surface area contributed by atoms with E-state index in [1.807, 2.05) is 16.2 Å². The van der Waals surface area contributed by atoms with Crippen LogP contribution >= 0.6 is 11.3 Å². The third kappa shape index (κ3) is 3.41. The summed E-state index contributed by atoms with van der Waals surface area (Å²) in [5, 5.41) is 1.27. The highest BCUT2D eigenvalue weighted by atomic mass is 32.1. The number of pyridine rings is 1. The Hall–Kier alpha value is -2.44. The molecule has 2 bridgehead atoms. The van der Waals surface area contributed by atoms with Crippen LogP contribution in [0.1, 0.15) is 37.8 Å². The smallest absolute Gasteiger partial charge is 0.250 e. The van der Waals surface area contributed by atoms with Crippen LogP contribution < -0.4 is 5.56 Å². The summed E-state index contributed by atoms with van der Waals surface area (Å²) in [5.74, 6) is 1.12. The van der Waals surface area contributed by atoms with Crippen LogP contribution in [-0.4, -0.2) is 52.5 Å². The Bertz CT molecular complexity index is 1200. The molecule has 2 aromatic heterocycles. The predicted octanol–water partition coefficient (Wildman–Crippen LogP) is 4.16. The molecule has 1 amide bonds. The van der Waals surface area contributed by atoms with Gasteiger partial charge in [-0.05, 0) is 48.8 Å². The van der Waals surface area contributed by atoms with Crippen LogP contribution in [0.5, 0.6) is 0 Å². The number of hydrogen-bond donors (Lipinski definition) is 0. The van der Waals surface area contributed by atoms with Gasteiger partial charge in [0.05, 0.1) is 0 Å². The van der Waals surface area contributed by atoms with Crippen LogP contribution in [0.25, 0.3) is 20.5 Å². The molecule has 0 aliphatic carbocycles. The lowest BCUT2D eigenvalue weighted by Gasteiger charge is -2.48. The first-order chi connectivity index (χ1) is 15.6. The molecule has 6 rings (SSSR count). The second-order valence-electron chi connectivity index (χ2n) is 9.72. The van der Waals surface area contributed by atoms with Crippen LogP contribution in [0.2, 0.25) is 0 Å². The fourth-order valence-electron chi connectivity index (χ4n) is 6.22. The zero-order chi connectivity index (χ0) is 21.8. The monoisotopic (exact) mass is 447 g/mol. The van der Waals surface area contributed by atoms with Gasteiger partial charge < -0.3 is 9.47 Å². The lowest BCUT2D eigenvalue weighted by Crippen LogP contribution is -2.53. The SMILES string of the molecule is CC(=O)N1CCC(N2C[C@@H]3C[C@H](C2)c2c(-c4cc5ccccc5s4)ccc(=O)n2C3)CC1. The van der Waals surface area contributed by atoms with E-state index in [2.05, 4.69) is 45.9 Å². The minimum atomic E-state index is 0.141. The summed E-state index contributed by atoms with van der Waals surface area (Å²) in [5.41, 5.74) is 2.62. The number of piperidine rings is 2. The van der Waals surface area contributed by atoms with Crippen molar-refractivity contribution in [1.29, 1.82) is 0 Å². The fourth-order valence-corrected chi connectivity index (χ4v) is 7.32. The number of carbonyl (C=O) groups excluding carboxylic acids is 1. The normalized spacial score (nSPS) is 24.0. The van der Waals surface area contributed by atoms with E-state index in [-0.39, 0.29) is 11.5 Å². The van der Waals surface area contributed by atoms with Gasteiger partial charge in [-0.1, -0.05) is 18.2 Å². The molecule has 5 nitrogen and oxygen atoms in total. The van der Waals surface area contributed by atoms with Crippen molar-refractivity contribution in [3.63, 3.8) is 0 Å². The van der Waals surface area contributed by atoms with Gasteiger partial charge in [0.25, 0.3) is 5.56 Å². The van der Waals surface area contributed by atoms with Crippen molar-refractivity contribution >= 4 is 27.3 Å². The highest BCUT2D eigenvalue weighted by Crippen LogP contribution is 2.43. The van der Waals surface area contributed by atoms with Crippen molar-refractivity contribution in [2.24, 2.45) is 5.92 Å². The Morgan fingerprint density at radius 3 is 2.62 bits per heavy atom. The standard InChI is InChI=1S/C26H29N3O2S/c1-17(30)27-10-8-21(9-11-27)28-14-18-12-20(16-28)26-22(6-7-25(31)29(26)15-18)24-13-19-4-2-3-5-23(19)32-24/h2-7,13,18,20-21H,8-12,14-16H2,1H3/t18-,20+/m0/s1. The molecule has 0 unspecified atom stereocenters. The number of amides is 1. The molecule has 3 aromatic rings. The minimum absolute atomic E-state index is 0.141. The van der Waals surface area contributed by atoms with Crippen molar-refractivity contribution < 1.29 is 4.79 Å². The van der Waals surface area contributed by atoms with E-state index in [0.717, 1.165) is 45.6 Å². The molecule has 0 saturated carbocycles. The summed E-state index contributed by atoms with van der Waals surface area (Å²) in [6, 6.07) is 15.2. The molecule has 6 heteroatoms. The maximum absolute atomic E-state index is 12.8. The van der Waals surface area contributed by atoms with Gasteiger partial charge in [0.1, 0.15) is 0 Å². The minimum Gasteiger partial charge on any atom is -0.343 e. The molecule has 3 aliphatic rings. The van der Waals surface area contributed by atoms with E-state index in [9.17, 15) is 9.59 Å². The van der Waals surface area contributed by atoms with E-state index in [0.29, 0.717) is 17.9 Å². The van der Waals surface area contributed by atoms with E-state index in [4.69, 9.17) is 0 Å².